The second-order valence-corrected chi connectivity index (χ2v) is 10.6. The number of allylic oxidation sites excluding steroid dienone is 1. The molecule has 6 nitrogen and oxygen atoms in total. The zero-order chi connectivity index (χ0) is 21.7. The van der Waals surface area contributed by atoms with Crippen LogP contribution >= 0.6 is 0 Å². The lowest BCUT2D eigenvalue weighted by Crippen LogP contribution is -2.51. The van der Waals surface area contributed by atoms with Gasteiger partial charge in [-0.25, -0.2) is 10.2 Å². The Kier molecular flexibility index (Phi) is 5.48. The van der Waals surface area contributed by atoms with Crippen LogP contribution in [0.3, 0.4) is 0 Å². The summed E-state index contributed by atoms with van der Waals surface area (Å²) in [6.45, 7) is 8.48. The number of hydrogen-bond donors (Lipinski definition) is 2. The average Bonchev–Trinajstić information content (AvgIpc) is 3.03. The first-order chi connectivity index (χ1) is 14.1. The van der Waals surface area contributed by atoms with Gasteiger partial charge >= 0.3 is 12.0 Å². The second kappa shape index (κ2) is 7.69. The van der Waals surface area contributed by atoms with E-state index in [-0.39, 0.29) is 22.9 Å². The number of nitrogens with one attached hydrogen (secondary N) is 1. The molecule has 0 saturated heterocycles. The monoisotopic (exact) mass is 415 g/mol. The van der Waals surface area contributed by atoms with Crippen molar-refractivity contribution < 1.29 is 14.3 Å². The van der Waals surface area contributed by atoms with E-state index in [1.165, 1.54) is 31.8 Å². The van der Waals surface area contributed by atoms with Crippen LogP contribution in [0.15, 0.2) is 16.8 Å². The molecule has 0 aromatic rings. The number of ether oxygens (including phenoxy) is 1. The molecule has 0 bridgehead atoms. The van der Waals surface area contributed by atoms with Crippen LogP contribution < -0.4 is 11.2 Å². The van der Waals surface area contributed by atoms with Gasteiger partial charge in [-0.3, -0.25) is 4.79 Å². The smallest absolute Gasteiger partial charge is 0.332 e. The molecule has 0 heterocycles. The molecule has 0 aromatic carbocycles. The summed E-state index contributed by atoms with van der Waals surface area (Å²) in [6.07, 6.45) is 11.5. The molecule has 3 saturated carbocycles. The van der Waals surface area contributed by atoms with Gasteiger partial charge < -0.3 is 10.5 Å². The number of hydrogen-bond acceptors (Lipinski definition) is 4. The third-order valence-corrected chi connectivity index (χ3v) is 9.24. The van der Waals surface area contributed by atoms with E-state index in [4.69, 9.17) is 10.5 Å². The molecule has 0 spiro atoms. The molecule has 30 heavy (non-hydrogen) atoms. The molecule has 0 radical (unpaired) electrons. The molecular weight excluding hydrogens is 378 g/mol. The number of primary amides is 1. The van der Waals surface area contributed by atoms with Crippen molar-refractivity contribution in [2.75, 3.05) is 0 Å². The second-order valence-electron chi connectivity index (χ2n) is 10.6. The van der Waals surface area contributed by atoms with Crippen molar-refractivity contribution in [1.29, 1.82) is 0 Å². The lowest BCUT2D eigenvalue weighted by atomic mass is 9.47. The van der Waals surface area contributed by atoms with Gasteiger partial charge in [0.2, 0.25) is 0 Å². The quantitative estimate of drug-likeness (QED) is 0.307. The molecule has 0 aliphatic heterocycles. The van der Waals surface area contributed by atoms with Crippen LogP contribution in [0.1, 0.15) is 79.1 Å². The van der Waals surface area contributed by atoms with Crippen molar-refractivity contribution in [3.8, 4) is 0 Å². The highest BCUT2D eigenvalue weighted by Crippen LogP contribution is 2.66. The number of amides is 2. The fourth-order valence-corrected chi connectivity index (χ4v) is 7.87. The molecule has 3 N–H and O–H groups in total. The van der Waals surface area contributed by atoms with Crippen LogP contribution in [-0.2, 0) is 9.53 Å². The van der Waals surface area contributed by atoms with E-state index in [0.717, 1.165) is 37.8 Å². The molecule has 4 rings (SSSR count). The zero-order valence-corrected chi connectivity index (χ0v) is 18.9. The summed E-state index contributed by atoms with van der Waals surface area (Å²) in [5.41, 5.74) is 10.7. The maximum atomic E-state index is 11.4. The summed E-state index contributed by atoms with van der Waals surface area (Å²) in [5, 5.41) is 4.30. The van der Waals surface area contributed by atoms with Crippen molar-refractivity contribution in [1.82, 2.24) is 5.43 Å². The number of esters is 1. The molecule has 166 valence electrons. The number of fused-ring (bicyclic) bond motifs is 5. The Morgan fingerprint density at radius 3 is 2.60 bits per heavy atom. The van der Waals surface area contributed by atoms with Crippen LogP contribution in [0.4, 0.5) is 4.79 Å². The Bertz CT molecular complexity index is 791. The van der Waals surface area contributed by atoms with Gasteiger partial charge in [0.25, 0.3) is 0 Å². The largest absolute Gasteiger partial charge is 0.462 e. The number of rotatable bonds is 3. The number of hydrazone groups is 1. The molecule has 6 heteroatoms. The van der Waals surface area contributed by atoms with Crippen molar-refractivity contribution in [3.05, 3.63) is 11.6 Å². The molecule has 2 amide bonds. The Hall–Kier alpha value is -1.85. The van der Waals surface area contributed by atoms with Gasteiger partial charge in [-0.1, -0.05) is 25.5 Å². The molecule has 7 atom stereocenters. The van der Waals surface area contributed by atoms with E-state index < -0.39 is 6.03 Å². The van der Waals surface area contributed by atoms with E-state index >= 15 is 0 Å². The fourth-order valence-electron chi connectivity index (χ4n) is 7.87. The Labute approximate surface area is 180 Å². The van der Waals surface area contributed by atoms with Crippen LogP contribution in [0.2, 0.25) is 0 Å². The summed E-state index contributed by atoms with van der Waals surface area (Å²) in [5.74, 6) is 2.37. The molecule has 4 aliphatic carbocycles. The molecule has 0 unspecified atom stereocenters. The third kappa shape index (κ3) is 3.46. The van der Waals surface area contributed by atoms with Gasteiger partial charge in [-0.05, 0) is 80.5 Å². The van der Waals surface area contributed by atoms with Gasteiger partial charge in [0, 0.05) is 25.0 Å². The van der Waals surface area contributed by atoms with E-state index in [1.54, 1.807) is 0 Å². The van der Waals surface area contributed by atoms with E-state index in [9.17, 15) is 9.59 Å². The van der Waals surface area contributed by atoms with Crippen molar-refractivity contribution in [2.24, 2.45) is 45.3 Å². The highest BCUT2D eigenvalue weighted by atomic mass is 16.5. The van der Waals surface area contributed by atoms with Crippen LogP contribution in [0, 0.1) is 34.5 Å². The Morgan fingerprint density at radius 2 is 1.90 bits per heavy atom. The lowest BCUT2D eigenvalue weighted by Gasteiger charge is -2.58. The number of carbonyl (C=O) groups excluding carboxylic acids is 2. The van der Waals surface area contributed by atoms with Gasteiger partial charge in [0.05, 0.1) is 0 Å². The molecule has 4 aliphatic rings. The number of carbonyl (C=O) groups is 2. The van der Waals surface area contributed by atoms with E-state index in [2.05, 4.69) is 30.5 Å². The molecule has 3 fully saturated rings. The summed E-state index contributed by atoms with van der Waals surface area (Å²) < 4.78 is 5.56. The third-order valence-electron chi connectivity index (χ3n) is 9.24. The van der Waals surface area contributed by atoms with Gasteiger partial charge in [0.1, 0.15) is 6.10 Å². The average molecular weight is 416 g/mol. The first-order valence-electron chi connectivity index (χ1n) is 11.6. The number of nitrogens with two attached hydrogens (primary N) is 1. The summed E-state index contributed by atoms with van der Waals surface area (Å²) in [4.78, 5) is 22.5. The predicted molar refractivity (Wildman–Crippen MR) is 117 cm³/mol. The summed E-state index contributed by atoms with van der Waals surface area (Å²) in [6, 6.07) is -0.597. The highest BCUT2D eigenvalue weighted by molar-refractivity contribution is 5.86. The van der Waals surface area contributed by atoms with Crippen molar-refractivity contribution >= 4 is 17.7 Å². The minimum absolute atomic E-state index is 0.0553. The van der Waals surface area contributed by atoms with Crippen LogP contribution in [-0.4, -0.2) is 23.8 Å². The SMILES string of the molecule is CC(=O)O[C@H]1CC[C@@]2(C)C(=CC[C@@H]3[C@H]4CC[C@@H](/C(C)=N/NC(N)=O)[C@]4(C)CC[C@H]32)C1. The Morgan fingerprint density at radius 1 is 1.13 bits per heavy atom. The van der Waals surface area contributed by atoms with Gasteiger partial charge in [0.15, 0.2) is 0 Å². The highest BCUT2D eigenvalue weighted by Gasteiger charge is 2.59. The fraction of sp³-hybridized carbons (Fsp3) is 0.792. The lowest BCUT2D eigenvalue weighted by molar-refractivity contribution is -0.148. The van der Waals surface area contributed by atoms with Crippen molar-refractivity contribution in [2.45, 2.75) is 85.2 Å². The Balaban J connectivity index is 1.54. The number of urea groups is 1. The van der Waals surface area contributed by atoms with Crippen LogP contribution in [0.5, 0.6) is 0 Å². The van der Waals surface area contributed by atoms with Gasteiger partial charge in [-0.15, -0.1) is 0 Å². The standard InChI is InChI=1S/C24H37N3O3/c1-14(26-27-22(25)29)19-7-8-20-18-6-5-16-13-17(30-15(2)28)9-11-23(16,3)21(18)10-12-24(19,20)4/h5,17-21H,6-13H2,1-4H3,(H3,25,27,29)/b26-14+/t17-,18+,19-,20+,21+,23-,24-/m0/s1. The van der Waals surface area contributed by atoms with E-state index in [0.29, 0.717) is 23.7 Å². The maximum absolute atomic E-state index is 11.4. The topological polar surface area (TPSA) is 93.8 Å². The van der Waals surface area contributed by atoms with Gasteiger partial charge in [-0.2, -0.15) is 5.10 Å². The number of nitrogens with zero attached hydrogens (tertiary/aromatic N) is 1. The first-order valence-corrected chi connectivity index (χ1v) is 11.6. The minimum Gasteiger partial charge on any atom is -0.462 e. The van der Waals surface area contributed by atoms with Crippen molar-refractivity contribution in [3.63, 3.8) is 0 Å². The first kappa shape index (κ1) is 21.4. The predicted octanol–water partition coefficient (Wildman–Crippen LogP) is 4.54. The molecular formula is C24H37N3O3. The molecule has 0 aromatic heterocycles. The normalized spacial score (nSPS) is 43.0. The summed E-state index contributed by atoms with van der Waals surface area (Å²) in [7, 11) is 0. The minimum atomic E-state index is -0.597. The van der Waals surface area contributed by atoms with Crippen LogP contribution in [0.25, 0.3) is 0 Å². The van der Waals surface area contributed by atoms with E-state index in [1.807, 2.05) is 6.92 Å². The zero-order valence-electron chi connectivity index (χ0n) is 18.9. The summed E-state index contributed by atoms with van der Waals surface area (Å²) >= 11 is 0. The maximum Gasteiger partial charge on any atom is 0.332 e.